The highest BCUT2D eigenvalue weighted by atomic mass is 79.9. The fourth-order valence-electron chi connectivity index (χ4n) is 1.74. The molecular formula is C12H13BrClN3. The molecule has 5 heteroatoms. The van der Waals surface area contributed by atoms with E-state index in [2.05, 4.69) is 21.0 Å². The van der Waals surface area contributed by atoms with Crippen LogP contribution in [0.2, 0.25) is 5.15 Å². The van der Waals surface area contributed by atoms with Gasteiger partial charge in [-0.15, -0.1) is 0 Å². The predicted molar refractivity (Wildman–Crippen MR) is 73.8 cm³/mol. The summed E-state index contributed by atoms with van der Waals surface area (Å²) >= 11 is 9.83. The van der Waals surface area contributed by atoms with Gasteiger partial charge in [0.1, 0.15) is 5.15 Å². The third-order valence-electron chi connectivity index (χ3n) is 2.60. The zero-order chi connectivity index (χ0) is 12.4. The molecule has 0 amide bonds. The molecule has 90 valence electrons. The maximum absolute atomic E-state index is 6.34. The molecular weight excluding hydrogens is 302 g/mol. The highest BCUT2D eigenvalue weighted by molar-refractivity contribution is 9.10. The van der Waals surface area contributed by atoms with Crippen LogP contribution in [0.25, 0.3) is 5.69 Å². The van der Waals surface area contributed by atoms with Gasteiger partial charge in [-0.05, 0) is 48.0 Å². The minimum Gasteiger partial charge on any atom is -0.330 e. The van der Waals surface area contributed by atoms with E-state index in [4.69, 9.17) is 17.3 Å². The van der Waals surface area contributed by atoms with Crippen molar-refractivity contribution in [2.75, 3.05) is 6.54 Å². The van der Waals surface area contributed by atoms with E-state index in [9.17, 15) is 0 Å². The van der Waals surface area contributed by atoms with Crippen molar-refractivity contribution >= 4 is 27.5 Å². The third-order valence-corrected chi connectivity index (χ3v) is 3.66. The van der Waals surface area contributed by atoms with Crippen molar-refractivity contribution in [3.05, 3.63) is 45.1 Å². The molecule has 1 heterocycles. The normalized spacial score (nSPS) is 10.8. The number of nitrogens with zero attached hydrogens (tertiary/aromatic N) is 2. The summed E-state index contributed by atoms with van der Waals surface area (Å²) in [6.07, 6.45) is 0.745. The Hall–Kier alpha value is -0.840. The van der Waals surface area contributed by atoms with Gasteiger partial charge in [-0.3, -0.25) is 0 Å². The third kappa shape index (κ3) is 2.39. The van der Waals surface area contributed by atoms with Gasteiger partial charge in [-0.25, -0.2) is 4.68 Å². The van der Waals surface area contributed by atoms with Crippen molar-refractivity contribution in [1.82, 2.24) is 9.78 Å². The Kier molecular flexibility index (Phi) is 3.86. The predicted octanol–water partition coefficient (Wildman–Crippen LogP) is 3.10. The van der Waals surface area contributed by atoms with Crippen LogP contribution in [0.1, 0.15) is 11.3 Å². The van der Waals surface area contributed by atoms with Gasteiger partial charge in [0.15, 0.2) is 0 Å². The molecule has 0 bridgehead atoms. The van der Waals surface area contributed by atoms with Crippen molar-refractivity contribution in [2.45, 2.75) is 13.3 Å². The number of halogens is 2. The summed E-state index contributed by atoms with van der Waals surface area (Å²) in [5.74, 6) is 0. The van der Waals surface area contributed by atoms with E-state index >= 15 is 0 Å². The maximum Gasteiger partial charge on any atom is 0.136 e. The lowest BCUT2D eigenvalue weighted by Gasteiger charge is -2.05. The second-order valence-corrected chi connectivity index (χ2v) is 4.97. The molecule has 0 aliphatic carbocycles. The summed E-state index contributed by atoms with van der Waals surface area (Å²) in [5, 5.41) is 5.10. The summed E-state index contributed by atoms with van der Waals surface area (Å²) in [4.78, 5) is 0. The molecule has 0 radical (unpaired) electrons. The Balaban J connectivity index is 2.54. The van der Waals surface area contributed by atoms with Crippen LogP contribution in [-0.2, 0) is 6.42 Å². The summed E-state index contributed by atoms with van der Waals surface area (Å²) in [5.41, 5.74) is 8.45. The summed E-state index contributed by atoms with van der Waals surface area (Å²) < 4.78 is 2.70. The summed E-state index contributed by atoms with van der Waals surface area (Å²) in [6, 6.07) is 7.84. The van der Waals surface area contributed by atoms with Crippen LogP contribution in [0.4, 0.5) is 0 Å². The summed E-state index contributed by atoms with van der Waals surface area (Å²) in [7, 11) is 0. The number of nitrogens with two attached hydrogens (primary N) is 1. The van der Waals surface area contributed by atoms with Crippen LogP contribution in [0, 0.1) is 6.92 Å². The molecule has 1 aromatic heterocycles. The standard InChI is InChI=1S/C12H13BrClN3/c1-8-9(6-7-15)12(14)17(16-8)11-5-3-2-4-10(11)13/h2-5H,6-7,15H2,1H3. The Morgan fingerprint density at radius 2 is 2.12 bits per heavy atom. The van der Waals surface area contributed by atoms with E-state index in [1.54, 1.807) is 4.68 Å². The first-order valence-electron chi connectivity index (χ1n) is 5.34. The van der Waals surface area contributed by atoms with Gasteiger partial charge in [0.05, 0.1) is 11.4 Å². The Morgan fingerprint density at radius 1 is 1.41 bits per heavy atom. The SMILES string of the molecule is Cc1nn(-c2ccccc2Br)c(Cl)c1CCN. The molecule has 3 nitrogen and oxygen atoms in total. The van der Waals surface area contributed by atoms with Crippen LogP contribution in [-0.4, -0.2) is 16.3 Å². The first-order chi connectivity index (χ1) is 8.15. The zero-order valence-electron chi connectivity index (χ0n) is 9.45. The van der Waals surface area contributed by atoms with Gasteiger partial charge in [0, 0.05) is 10.0 Å². The fourth-order valence-corrected chi connectivity index (χ4v) is 2.56. The number of hydrogen-bond donors (Lipinski definition) is 1. The van der Waals surface area contributed by atoms with Crippen LogP contribution < -0.4 is 5.73 Å². The number of hydrogen-bond acceptors (Lipinski definition) is 2. The molecule has 0 atom stereocenters. The Bertz CT molecular complexity index is 537. The number of benzene rings is 1. The quantitative estimate of drug-likeness (QED) is 0.946. The molecule has 2 aromatic rings. The first kappa shape index (κ1) is 12.6. The molecule has 0 saturated carbocycles. The molecule has 2 rings (SSSR count). The van der Waals surface area contributed by atoms with Crippen LogP contribution in [0.15, 0.2) is 28.7 Å². The maximum atomic E-state index is 6.34. The van der Waals surface area contributed by atoms with Gasteiger partial charge >= 0.3 is 0 Å². The second-order valence-electron chi connectivity index (χ2n) is 3.76. The van der Waals surface area contributed by atoms with E-state index in [-0.39, 0.29) is 0 Å². The van der Waals surface area contributed by atoms with Crippen molar-refractivity contribution in [3.8, 4) is 5.69 Å². The molecule has 0 fully saturated rings. The van der Waals surface area contributed by atoms with E-state index < -0.39 is 0 Å². The van der Waals surface area contributed by atoms with Crippen molar-refractivity contribution < 1.29 is 0 Å². The lowest BCUT2D eigenvalue weighted by Crippen LogP contribution is -2.03. The topological polar surface area (TPSA) is 43.8 Å². The van der Waals surface area contributed by atoms with E-state index in [1.165, 1.54) is 0 Å². The molecule has 0 saturated heterocycles. The highest BCUT2D eigenvalue weighted by Crippen LogP contribution is 2.27. The second kappa shape index (κ2) is 5.21. The van der Waals surface area contributed by atoms with Gasteiger partial charge < -0.3 is 5.73 Å². The van der Waals surface area contributed by atoms with Crippen LogP contribution in [0.5, 0.6) is 0 Å². The average molecular weight is 315 g/mol. The number of aryl methyl sites for hydroxylation is 1. The number of para-hydroxylation sites is 1. The Labute approximate surface area is 114 Å². The van der Waals surface area contributed by atoms with Gasteiger partial charge in [0.25, 0.3) is 0 Å². The largest absolute Gasteiger partial charge is 0.330 e. The molecule has 17 heavy (non-hydrogen) atoms. The highest BCUT2D eigenvalue weighted by Gasteiger charge is 2.14. The Morgan fingerprint density at radius 3 is 2.76 bits per heavy atom. The van der Waals surface area contributed by atoms with Gasteiger partial charge in [-0.1, -0.05) is 23.7 Å². The molecule has 0 aliphatic heterocycles. The average Bonchev–Trinajstić information content (AvgIpc) is 2.58. The number of aromatic nitrogens is 2. The molecule has 2 N–H and O–H groups in total. The first-order valence-corrected chi connectivity index (χ1v) is 6.51. The zero-order valence-corrected chi connectivity index (χ0v) is 11.8. The minimum atomic E-state index is 0.572. The molecule has 0 aliphatic rings. The van der Waals surface area contributed by atoms with Crippen molar-refractivity contribution in [3.63, 3.8) is 0 Å². The fraction of sp³-hybridized carbons (Fsp3) is 0.250. The van der Waals surface area contributed by atoms with E-state index in [1.807, 2.05) is 31.2 Å². The van der Waals surface area contributed by atoms with Crippen molar-refractivity contribution in [2.24, 2.45) is 5.73 Å². The molecule has 1 aromatic carbocycles. The van der Waals surface area contributed by atoms with Gasteiger partial charge in [0.2, 0.25) is 0 Å². The monoisotopic (exact) mass is 313 g/mol. The lowest BCUT2D eigenvalue weighted by atomic mass is 10.2. The van der Waals surface area contributed by atoms with E-state index in [0.717, 1.165) is 27.8 Å². The van der Waals surface area contributed by atoms with Crippen LogP contribution >= 0.6 is 27.5 Å². The molecule has 0 spiro atoms. The lowest BCUT2D eigenvalue weighted by molar-refractivity contribution is 0.859. The number of rotatable bonds is 3. The van der Waals surface area contributed by atoms with Crippen molar-refractivity contribution in [1.29, 1.82) is 0 Å². The smallest absolute Gasteiger partial charge is 0.136 e. The van der Waals surface area contributed by atoms with Crippen LogP contribution in [0.3, 0.4) is 0 Å². The van der Waals surface area contributed by atoms with Gasteiger partial charge in [-0.2, -0.15) is 5.10 Å². The molecule has 0 unspecified atom stereocenters. The van der Waals surface area contributed by atoms with E-state index in [0.29, 0.717) is 11.7 Å². The summed E-state index contributed by atoms with van der Waals surface area (Å²) in [6.45, 7) is 2.52. The minimum absolute atomic E-state index is 0.572.